The van der Waals surface area contributed by atoms with Crippen molar-refractivity contribution in [3.8, 4) is 0 Å². The smallest absolute Gasteiger partial charge is 0.325 e. The lowest BCUT2D eigenvalue weighted by Crippen LogP contribution is -2.29. The van der Waals surface area contributed by atoms with E-state index < -0.39 is 11.2 Å². The van der Waals surface area contributed by atoms with Crippen molar-refractivity contribution >= 4 is 11.6 Å². The van der Waals surface area contributed by atoms with Gasteiger partial charge in [-0.3, -0.25) is 14.6 Å². The molecule has 0 bridgehead atoms. The Hall–Kier alpha value is -2.63. The Morgan fingerprint density at radius 3 is 2.24 bits per heavy atom. The molecule has 2 rings (SSSR count). The van der Waals surface area contributed by atoms with Crippen LogP contribution in [0.15, 0.2) is 27.8 Å². The Morgan fingerprint density at radius 2 is 1.67 bits per heavy atom. The van der Waals surface area contributed by atoms with E-state index in [9.17, 15) is 14.4 Å². The molecular formula is C15H17N3O3. The molecule has 21 heavy (non-hydrogen) atoms. The lowest BCUT2D eigenvalue weighted by molar-refractivity contribution is -0.115. The van der Waals surface area contributed by atoms with E-state index >= 15 is 0 Å². The molecule has 1 aromatic carbocycles. The van der Waals surface area contributed by atoms with Gasteiger partial charge in [0.1, 0.15) is 0 Å². The number of anilines is 1. The number of carbonyl (C=O) groups excluding carboxylic acids is 1. The minimum absolute atomic E-state index is 0.0923. The molecule has 0 aliphatic rings. The number of aryl methyl sites for hydroxylation is 3. The molecule has 2 aromatic rings. The Balaban J connectivity index is 2.19. The van der Waals surface area contributed by atoms with Crippen LogP contribution in [0.5, 0.6) is 0 Å². The van der Waals surface area contributed by atoms with E-state index in [2.05, 4.69) is 15.3 Å². The summed E-state index contributed by atoms with van der Waals surface area (Å²) in [6.45, 7) is 5.48. The number of nitrogens with one attached hydrogen (secondary N) is 3. The Kier molecular flexibility index (Phi) is 4.07. The summed E-state index contributed by atoms with van der Waals surface area (Å²) < 4.78 is 0. The number of hydrogen-bond acceptors (Lipinski definition) is 3. The van der Waals surface area contributed by atoms with E-state index in [4.69, 9.17) is 0 Å². The predicted molar refractivity (Wildman–Crippen MR) is 80.7 cm³/mol. The van der Waals surface area contributed by atoms with E-state index in [1.807, 2.05) is 32.0 Å². The number of carbonyl (C=O) groups is 1. The minimum Gasteiger partial charge on any atom is -0.326 e. The van der Waals surface area contributed by atoms with Crippen LogP contribution in [0, 0.1) is 20.8 Å². The summed E-state index contributed by atoms with van der Waals surface area (Å²) in [4.78, 5) is 39.4. The highest BCUT2D eigenvalue weighted by Gasteiger charge is 2.11. The van der Waals surface area contributed by atoms with Crippen LogP contribution >= 0.6 is 0 Å². The first-order valence-electron chi connectivity index (χ1n) is 6.55. The van der Waals surface area contributed by atoms with Gasteiger partial charge in [0.05, 0.1) is 6.42 Å². The van der Waals surface area contributed by atoms with Gasteiger partial charge >= 0.3 is 5.69 Å². The van der Waals surface area contributed by atoms with Gasteiger partial charge < -0.3 is 10.3 Å². The summed E-state index contributed by atoms with van der Waals surface area (Å²) in [7, 11) is 0. The summed E-state index contributed by atoms with van der Waals surface area (Å²) in [6, 6.07) is 5.72. The minimum atomic E-state index is -0.573. The van der Waals surface area contributed by atoms with Crippen LogP contribution in [0.2, 0.25) is 0 Å². The van der Waals surface area contributed by atoms with Crippen LogP contribution in [0.3, 0.4) is 0 Å². The first kappa shape index (κ1) is 14.8. The SMILES string of the molecule is Cc1cc(C)cc(NC(=O)Cc2c(C)[nH]c(=O)[nH]c2=O)c1. The lowest BCUT2D eigenvalue weighted by atomic mass is 10.1. The van der Waals surface area contributed by atoms with Crippen LogP contribution in [0.25, 0.3) is 0 Å². The van der Waals surface area contributed by atoms with Gasteiger partial charge in [-0.15, -0.1) is 0 Å². The van der Waals surface area contributed by atoms with Gasteiger partial charge in [-0.2, -0.15) is 0 Å². The molecule has 1 heterocycles. The molecule has 6 heteroatoms. The summed E-state index contributed by atoms with van der Waals surface area (Å²) >= 11 is 0. The fourth-order valence-corrected chi connectivity index (χ4v) is 2.25. The van der Waals surface area contributed by atoms with Crippen molar-refractivity contribution in [3.05, 3.63) is 61.4 Å². The summed E-state index contributed by atoms with van der Waals surface area (Å²) in [5, 5.41) is 2.76. The quantitative estimate of drug-likeness (QED) is 0.790. The van der Waals surface area contributed by atoms with Crippen LogP contribution in [-0.2, 0) is 11.2 Å². The van der Waals surface area contributed by atoms with Gasteiger partial charge in [-0.05, 0) is 44.0 Å². The maximum absolute atomic E-state index is 12.0. The first-order chi connectivity index (χ1) is 9.85. The van der Waals surface area contributed by atoms with Gasteiger partial charge in [0.2, 0.25) is 5.91 Å². The average molecular weight is 287 g/mol. The largest absolute Gasteiger partial charge is 0.326 e. The Labute approximate surface area is 121 Å². The maximum Gasteiger partial charge on any atom is 0.325 e. The van der Waals surface area contributed by atoms with Crippen LogP contribution in [0.4, 0.5) is 5.69 Å². The molecule has 0 aliphatic heterocycles. The van der Waals surface area contributed by atoms with Crippen molar-refractivity contribution in [2.24, 2.45) is 0 Å². The molecule has 0 spiro atoms. The zero-order valence-electron chi connectivity index (χ0n) is 12.2. The van der Waals surface area contributed by atoms with Gasteiger partial charge in [-0.25, -0.2) is 4.79 Å². The number of hydrogen-bond donors (Lipinski definition) is 3. The molecule has 0 radical (unpaired) electrons. The fourth-order valence-electron chi connectivity index (χ4n) is 2.25. The Morgan fingerprint density at radius 1 is 1.05 bits per heavy atom. The monoisotopic (exact) mass is 287 g/mol. The number of rotatable bonds is 3. The number of aromatic nitrogens is 2. The second-order valence-corrected chi connectivity index (χ2v) is 5.11. The number of aromatic amines is 2. The molecule has 0 aliphatic carbocycles. The van der Waals surface area contributed by atoms with Crippen molar-refractivity contribution in [2.75, 3.05) is 5.32 Å². The van der Waals surface area contributed by atoms with Crippen molar-refractivity contribution in [1.82, 2.24) is 9.97 Å². The second-order valence-electron chi connectivity index (χ2n) is 5.11. The molecule has 6 nitrogen and oxygen atoms in total. The number of amides is 1. The fraction of sp³-hybridized carbons (Fsp3) is 0.267. The molecule has 0 saturated carbocycles. The van der Waals surface area contributed by atoms with Gasteiger partial charge in [0.25, 0.3) is 5.56 Å². The molecule has 3 N–H and O–H groups in total. The third-order valence-corrected chi connectivity index (χ3v) is 3.10. The zero-order chi connectivity index (χ0) is 15.6. The first-order valence-corrected chi connectivity index (χ1v) is 6.55. The average Bonchev–Trinajstić information content (AvgIpc) is 2.32. The topological polar surface area (TPSA) is 94.8 Å². The highest BCUT2D eigenvalue weighted by atomic mass is 16.2. The van der Waals surface area contributed by atoms with Crippen LogP contribution in [0.1, 0.15) is 22.4 Å². The number of H-pyrrole nitrogens is 2. The summed E-state index contributed by atoms with van der Waals surface area (Å²) in [6.07, 6.45) is -0.0923. The molecule has 1 amide bonds. The van der Waals surface area contributed by atoms with Gasteiger partial charge in [0, 0.05) is 16.9 Å². The third kappa shape index (κ3) is 3.68. The van der Waals surface area contributed by atoms with Gasteiger partial charge in [0.15, 0.2) is 0 Å². The lowest BCUT2D eigenvalue weighted by Gasteiger charge is -2.08. The molecule has 110 valence electrons. The van der Waals surface area contributed by atoms with Gasteiger partial charge in [-0.1, -0.05) is 6.07 Å². The predicted octanol–water partition coefficient (Wildman–Crippen LogP) is 1.17. The van der Waals surface area contributed by atoms with Crippen molar-refractivity contribution in [2.45, 2.75) is 27.2 Å². The Bertz CT molecular complexity index is 782. The van der Waals surface area contributed by atoms with Crippen LogP contribution in [-0.4, -0.2) is 15.9 Å². The molecule has 0 atom stereocenters. The summed E-state index contributed by atoms with van der Waals surface area (Å²) in [5.74, 6) is -0.305. The van der Waals surface area contributed by atoms with E-state index in [1.54, 1.807) is 6.92 Å². The maximum atomic E-state index is 12.0. The molecular weight excluding hydrogens is 270 g/mol. The second kappa shape index (κ2) is 5.78. The standard InChI is InChI=1S/C15H17N3O3/c1-8-4-9(2)6-11(5-8)17-13(19)7-12-10(3)16-15(21)18-14(12)20/h4-6H,7H2,1-3H3,(H,17,19)(H2,16,18,20,21). The van der Waals surface area contributed by atoms with Crippen molar-refractivity contribution in [1.29, 1.82) is 0 Å². The zero-order valence-corrected chi connectivity index (χ0v) is 12.2. The molecule has 0 unspecified atom stereocenters. The van der Waals surface area contributed by atoms with E-state index in [1.165, 1.54) is 0 Å². The van der Waals surface area contributed by atoms with Crippen molar-refractivity contribution < 1.29 is 4.79 Å². The summed E-state index contributed by atoms with van der Waals surface area (Å²) in [5.41, 5.74) is 2.33. The highest BCUT2D eigenvalue weighted by molar-refractivity contribution is 5.92. The van der Waals surface area contributed by atoms with E-state index in [0.717, 1.165) is 11.1 Å². The van der Waals surface area contributed by atoms with Crippen LogP contribution < -0.4 is 16.6 Å². The normalized spacial score (nSPS) is 10.4. The highest BCUT2D eigenvalue weighted by Crippen LogP contribution is 2.14. The molecule has 1 aromatic heterocycles. The molecule has 0 fully saturated rings. The third-order valence-electron chi connectivity index (χ3n) is 3.10. The molecule has 0 saturated heterocycles. The van der Waals surface area contributed by atoms with E-state index in [-0.39, 0.29) is 17.9 Å². The van der Waals surface area contributed by atoms with E-state index in [0.29, 0.717) is 11.4 Å². The van der Waals surface area contributed by atoms with Crippen molar-refractivity contribution in [3.63, 3.8) is 0 Å². The number of benzene rings is 1.